The minimum Gasteiger partial charge on any atom is -0.490 e. The van der Waals surface area contributed by atoms with Gasteiger partial charge in [0.2, 0.25) is 11.8 Å². The first-order valence-corrected chi connectivity index (χ1v) is 17.8. The van der Waals surface area contributed by atoms with Crippen LogP contribution in [0.3, 0.4) is 0 Å². The van der Waals surface area contributed by atoms with Gasteiger partial charge in [0.15, 0.2) is 0 Å². The van der Waals surface area contributed by atoms with Gasteiger partial charge in [-0.25, -0.2) is 9.11 Å². The number of likely N-dealkylation sites (N-methyl/N-ethyl adjacent to an activating group) is 1. The molecule has 46 heavy (non-hydrogen) atoms. The van der Waals surface area contributed by atoms with E-state index >= 15 is 4.39 Å². The van der Waals surface area contributed by atoms with Crippen molar-refractivity contribution >= 4 is 22.0 Å². The topological polar surface area (TPSA) is 108 Å². The van der Waals surface area contributed by atoms with Crippen LogP contribution in [0, 0.1) is 11.2 Å². The van der Waals surface area contributed by atoms with Crippen LogP contribution in [-0.4, -0.2) is 75.3 Å². The maximum absolute atomic E-state index is 15.4. The monoisotopic (exact) mass is 656 g/mol. The second kappa shape index (κ2) is 12.9. The molecule has 1 saturated heterocycles. The zero-order valence-electron chi connectivity index (χ0n) is 28.2. The number of nitrogens with one attached hydrogen (secondary N) is 2. The molecule has 0 aromatic heterocycles. The molecule has 2 aromatic carbocycles. The Balaban J connectivity index is 1.42. The Morgan fingerprint density at radius 2 is 1.78 bits per heavy atom. The first kappa shape index (κ1) is 34.3. The van der Waals surface area contributed by atoms with E-state index in [1.54, 1.807) is 32.0 Å². The Hall–Kier alpha value is -3.02. The van der Waals surface area contributed by atoms with Crippen LogP contribution in [0.1, 0.15) is 89.7 Å². The molecule has 11 heteroatoms. The van der Waals surface area contributed by atoms with Gasteiger partial charge in [0.05, 0.1) is 11.5 Å². The lowest BCUT2D eigenvalue weighted by Crippen LogP contribution is -2.47. The zero-order valence-corrected chi connectivity index (χ0v) is 29.0. The quantitative estimate of drug-likeness (QED) is 0.368. The number of halogens is 1. The molecular formula is C35H49FN4O5S. The van der Waals surface area contributed by atoms with Crippen LogP contribution in [0.25, 0.3) is 11.1 Å². The summed E-state index contributed by atoms with van der Waals surface area (Å²) in [6.45, 7) is 8.59. The van der Waals surface area contributed by atoms with Crippen molar-refractivity contribution in [1.82, 2.24) is 19.2 Å². The van der Waals surface area contributed by atoms with Gasteiger partial charge in [-0.2, -0.15) is 12.7 Å². The van der Waals surface area contributed by atoms with Crippen molar-refractivity contribution in [2.24, 2.45) is 5.41 Å². The molecule has 3 atom stereocenters. The zero-order chi connectivity index (χ0) is 33.6. The Labute approximate surface area is 273 Å². The van der Waals surface area contributed by atoms with E-state index in [2.05, 4.69) is 28.8 Å². The highest BCUT2D eigenvalue weighted by atomic mass is 32.2. The van der Waals surface area contributed by atoms with Crippen LogP contribution >= 0.6 is 0 Å². The summed E-state index contributed by atoms with van der Waals surface area (Å²) >= 11 is 0. The number of hydrogen-bond donors (Lipinski definition) is 2. The fraction of sp³-hybridized carbons (Fsp3) is 0.600. The van der Waals surface area contributed by atoms with Crippen molar-refractivity contribution in [1.29, 1.82) is 0 Å². The molecule has 1 aliphatic heterocycles. The summed E-state index contributed by atoms with van der Waals surface area (Å²) in [5.41, 5.74) is 1.47. The van der Waals surface area contributed by atoms with Crippen LogP contribution in [0.4, 0.5) is 4.39 Å². The van der Waals surface area contributed by atoms with Crippen LogP contribution in [0.2, 0.25) is 0 Å². The normalized spacial score (nSPS) is 23.7. The largest absolute Gasteiger partial charge is 0.490 e. The third kappa shape index (κ3) is 7.11. The number of ether oxygens (including phenoxy) is 1. The molecule has 0 bridgehead atoms. The fourth-order valence-electron chi connectivity index (χ4n) is 7.06. The van der Waals surface area contributed by atoms with Crippen LogP contribution in [0.5, 0.6) is 5.75 Å². The van der Waals surface area contributed by atoms with Gasteiger partial charge in [-0.3, -0.25) is 14.5 Å². The van der Waals surface area contributed by atoms with Crippen molar-refractivity contribution in [3.8, 4) is 16.9 Å². The molecule has 1 heterocycles. The Kier molecular flexibility index (Phi) is 9.61. The molecule has 5 rings (SSSR count). The molecule has 2 N–H and O–H groups in total. The lowest BCUT2D eigenvalue weighted by Gasteiger charge is -2.30. The molecule has 2 saturated carbocycles. The summed E-state index contributed by atoms with van der Waals surface area (Å²) in [6, 6.07) is 10.3. The van der Waals surface area contributed by atoms with Crippen LogP contribution < -0.4 is 14.8 Å². The SMILES string of the molecule is CN1CC(C)(C)C[C@H]1C(=O)N[C@@H]1CC[C@@H](Oc2ccc(C(C)(C)C(=O)NS(=O)(=O)N(C)C)cc2-c2cccc(F)c2C2CCC2)C1. The second-order valence-electron chi connectivity index (χ2n) is 14.9. The number of benzene rings is 2. The number of hydrogen-bond acceptors (Lipinski definition) is 6. The first-order chi connectivity index (χ1) is 21.5. The van der Waals surface area contributed by atoms with Crippen molar-refractivity contribution in [3.63, 3.8) is 0 Å². The van der Waals surface area contributed by atoms with Crippen molar-refractivity contribution in [2.45, 2.75) is 102 Å². The second-order valence-corrected chi connectivity index (χ2v) is 16.8. The molecule has 2 aliphatic carbocycles. The molecule has 0 radical (unpaired) electrons. The predicted octanol–water partition coefficient (Wildman–Crippen LogP) is 5.11. The predicted molar refractivity (Wildman–Crippen MR) is 177 cm³/mol. The first-order valence-electron chi connectivity index (χ1n) is 16.3. The molecular weight excluding hydrogens is 607 g/mol. The summed E-state index contributed by atoms with van der Waals surface area (Å²) in [5.74, 6) is -0.216. The summed E-state index contributed by atoms with van der Waals surface area (Å²) in [6.07, 6.45) is 5.71. The lowest BCUT2D eigenvalue weighted by atomic mass is 9.76. The van der Waals surface area contributed by atoms with E-state index in [1.807, 2.05) is 19.2 Å². The standard InChI is InChI=1S/C35H49FN4O5S/c1-34(2)20-29(40(7)21-34)32(41)37-24-15-16-25(19-24)45-30-17-14-23(35(3,4)33(42)38-46(43,44)39(5)6)18-27(30)26-12-9-13-28(36)31(26)22-10-8-11-22/h9,12-14,17-18,22,24-25,29H,8,10-11,15-16,19-21H2,1-7H3,(H,37,41)(H,38,42)/t24-,25-,29+/m1/s1. The molecule has 252 valence electrons. The van der Waals surface area contributed by atoms with E-state index in [4.69, 9.17) is 4.74 Å². The number of rotatable bonds is 10. The smallest absolute Gasteiger partial charge is 0.303 e. The summed E-state index contributed by atoms with van der Waals surface area (Å²) in [5, 5.41) is 3.26. The van der Waals surface area contributed by atoms with Crippen molar-refractivity contribution in [2.75, 3.05) is 27.7 Å². The maximum Gasteiger partial charge on any atom is 0.303 e. The average Bonchev–Trinajstić information content (AvgIpc) is 3.49. The third-order valence-corrected chi connectivity index (χ3v) is 11.5. The molecule has 0 unspecified atom stereocenters. The summed E-state index contributed by atoms with van der Waals surface area (Å²) < 4.78 is 50.1. The van der Waals surface area contributed by atoms with Gasteiger partial charge in [0, 0.05) is 38.7 Å². The van der Waals surface area contributed by atoms with Gasteiger partial charge >= 0.3 is 10.2 Å². The minimum atomic E-state index is -4.00. The minimum absolute atomic E-state index is 0.00156. The summed E-state index contributed by atoms with van der Waals surface area (Å²) in [4.78, 5) is 28.6. The number of nitrogens with zero attached hydrogens (tertiary/aromatic N) is 2. The number of carbonyl (C=O) groups excluding carboxylic acids is 2. The van der Waals surface area contributed by atoms with E-state index < -0.39 is 21.5 Å². The van der Waals surface area contributed by atoms with Gasteiger partial charge in [-0.1, -0.05) is 38.5 Å². The highest BCUT2D eigenvalue weighted by Gasteiger charge is 2.41. The van der Waals surface area contributed by atoms with Crippen LogP contribution in [-0.2, 0) is 25.2 Å². The number of amides is 2. The van der Waals surface area contributed by atoms with E-state index in [0.29, 0.717) is 34.4 Å². The van der Waals surface area contributed by atoms with Gasteiger partial charge in [0.1, 0.15) is 17.7 Å². The van der Waals surface area contributed by atoms with Gasteiger partial charge in [0.25, 0.3) is 0 Å². The summed E-state index contributed by atoms with van der Waals surface area (Å²) in [7, 11) is 0.711. The van der Waals surface area contributed by atoms with Crippen molar-refractivity contribution in [3.05, 3.63) is 53.3 Å². The molecule has 2 aromatic rings. The fourth-order valence-corrected chi connectivity index (χ4v) is 7.73. The van der Waals surface area contributed by atoms with Gasteiger partial charge < -0.3 is 10.1 Å². The highest BCUT2D eigenvalue weighted by molar-refractivity contribution is 7.87. The van der Waals surface area contributed by atoms with E-state index in [1.165, 1.54) is 20.2 Å². The Morgan fingerprint density at radius 3 is 2.39 bits per heavy atom. The average molecular weight is 657 g/mol. The molecule has 9 nitrogen and oxygen atoms in total. The van der Waals surface area contributed by atoms with Crippen LogP contribution in [0.15, 0.2) is 36.4 Å². The van der Waals surface area contributed by atoms with Gasteiger partial charge in [-0.15, -0.1) is 0 Å². The van der Waals surface area contributed by atoms with E-state index in [9.17, 15) is 18.0 Å². The highest BCUT2D eigenvalue weighted by Crippen LogP contribution is 2.46. The number of likely N-dealkylation sites (tertiary alicyclic amines) is 1. The van der Waals surface area contributed by atoms with E-state index in [0.717, 1.165) is 49.4 Å². The Bertz CT molecular complexity index is 1590. The molecule has 3 aliphatic rings. The Morgan fingerprint density at radius 1 is 1.07 bits per heavy atom. The van der Waals surface area contributed by atoms with Gasteiger partial charge in [-0.05, 0) is 99.2 Å². The lowest BCUT2D eigenvalue weighted by molar-refractivity contribution is -0.126. The number of carbonyl (C=O) groups is 2. The van der Waals surface area contributed by atoms with E-state index in [-0.39, 0.29) is 41.2 Å². The molecule has 3 fully saturated rings. The van der Waals surface area contributed by atoms with Crippen molar-refractivity contribution < 1.29 is 27.1 Å². The molecule has 2 amide bonds. The molecule has 0 spiro atoms. The maximum atomic E-state index is 15.4. The third-order valence-electron chi connectivity index (χ3n) is 10.1.